The molecule has 0 unspecified atom stereocenters. The summed E-state index contributed by atoms with van der Waals surface area (Å²) in [5.41, 5.74) is 6.11. The minimum absolute atomic E-state index is 0.164. The van der Waals surface area contributed by atoms with Gasteiger partial charge >= 0.3 is 0 Å². The number of rotatable bonds is 3. The Morgan fingerprint density at radius 3 is 2.68 bits per heavy atom. The van der Waals surface area contributed by atoms with E-state index in [1.165, 1.54) is 0 Å². The molecule has 0 bridgehead atoms. The Bertz CT molecular complexity index is 1020. The van der Waals surface area contributed by atoms with Crippen LogP contribution in [0.2, 0.25) is 0 Å². The molecule has 2 amide bonds. The van der Waals surface area contributed by atoms with Gasteiger partial charge in [0.2, 0.25) is 5.91 Å². The first-order valence-electron chi connectivity index (χ1n) is 9.10. The number of hydrazine groups is 1. The number of hydrogen-bond donors (Lipinski definition) is 2. The van der Waals surface area contributed by atoms with Crippen LogP contribution < -0.4 is 15.8 Å². The van der Waals surface area contributed by atoms with E-state index >= 15 is 0 Å². The predicted octanol–water partition coefficient (Wildman–Crippen LogP) is 1.01. The van der Waals surface area contributed by atoms with Crippen molar-refractivity contribution in [2.24, 2.45) is 5.92 Å². The summed E-state index contributed by atoms with van der Waals surface area (Å²) < 4.78 is 6.97. The summed E-state index contributed by atoms with van der Waals surface area (Å²) in [5, 5.41) is 12.3. The minimum atomic E-state index is -0.383. The highest BCUT2D eigenvalue weighted by molar-refractivity contribution is 5.96. The van der Waals surface area contributed by atoms with Crippen LogP contribution in [0.25, 0.3) is 5.65 Å². The third-order valence-electron chi connectivity index (χ3n) is 4.92. The van der Waals surface area contributed by atoms with Gasteiger partial charge in [-0.25, -0.2) is 0 Å². The highest BCUT2D eigenvalue weighted by Gasteiger charge is 2.26. The number of aryl methyl sites for hydroxylation is 2. The van der Waals surface area contributed by atoms with Crippen molar-refractivity contribution in [3.05, 3.63) is 41.6 Å². The molecule has 10 heteroatoms. The molecule has 28 heavy (non-hydrogen) atoms. The third-order valence-corrected chi connectivity index (χ3v) is 4.92. The van der Waals surface area contributed by atoms with Crippen molar-refractivity contribution >= 4 is 23.3 Å². The molecule has 0 aromatic carbocycles. The van der Waals surface area contributed by atoms with Crippen LogP contribution in [0.4, 0.5) is 5.82 Å². The Morgan fingerprint density at radius 1 is 1.18 bits per heavy atom. The monoisotopic (exact) mass is 383 g/mol. The van der Waals surface area contributed by atoms with Crippen LogP contribution in [0.3, 0.4) is 0 Å². The number of aromatic nitrogens is 4. The molecule has 3 aromatic rings. The third kappa shape index (κ3) is 3.53. The van der Waals surface area contributed by atoms with E-state index in [0.717, 1.165) is 5.82 Å². The second kappa shape index (κ2) is 7.29. The molecule has 4 rings (SSSR count). The summed E-state index contributed by atoms with van der Waals surface area (Å²) in [7, 11) is 0. The van der Waals surface area contributed by atoms with Gasteiger partial charge in [-0.3, -0.25) is 20.4 Å². The second-order valence-corrected chi connectivity index (χ2v) is 6.86. The number of nitrogens with one attached hydrogen (secondary N) is 2. The van der Waals surface area contributed by atoms with Crippen LogP contribution in [0.1, 0.15) is 34.7 Å². The summed E-state index contributed by atoms with van der Waals surface area (Å²) in [6, 6.07) is 5.41. The molecule has 10 nitrogen and oxygen atoms in total. The van der Waals surface area contributed by atoms with Crippen molar-refractivity contribution in [2.45, 2.75) is 26.7 Å². The Balaban J connectivity index is 1.30. The van der Waals surface area contributed by atoms with Crippen LogP contribution in [0, 0.1) is 19.8 Å². The van der Waals surface area contributed by atoms with Gasteiger partial charge in [0.15, 0.2) is 5.65 Å². The lowest BCUT2D eigenvalue weighted by molar-refractivity contribution is -0.126. The fourth-order valence-electron chi connectivity index (χ4n) is 3.40. The SMILES string of the molecule is Cc1cc(C(=O)NNC(=O)C2CCN(c3ccc4nncn4n3)CC2)c(C)o1. The predicted molar refractivity (Wildman–Crippen MR) is 99.5 cm³/mol. The number of furan rings is 1. The van der Waals surface area contributed by atoms with Crippen LogP contribution >= 0.6 is 0 Å². The zero-order chi connectivity index (χ0) is 19.7. The van der Waals surface area contributed by atoms with Gasteiger partial charge in [0.25, 0.3) is 5.91 Å². The highest BCUT2D eigenvalue weighted by atomic mass is 16.3. The molecule has 1 aliphatic heterocycles. The zero-order valence-electron chi connectivity index (χ0n) is 15.7. The largest absolute Gasteiger partial charge is 0.466 e. The maximum absolute atomic E-state index is 12.4. The van der Waals surface area contributed by atoms with Crippen LogP contribution in [-0.2, 0) is 4.79 Å². The van der Waals surface area contributed by atoms with E-state index in [1.807, 2.05) is 12.1 Å². The Kier molecular flexibility index (Phi) is 4.68. The van der Waals surface area contributed by atoms with Gasteiger partial charge in [0.05, 0.1) is 5.56 Å². The normalized spacial score (nSPS) is 15.0. The minimum Gasteiger partial charge on any atom is -0.466 e. The van der Waals surface area contributed by atoms with Gasteiger partial charge < -0.3 is 9.32 Å². The van der Waals surface area contributed by atoms with Gasteiger partial charge in [-0.1, -0.05) is 0 Å². The first-order valence-corrected chi connectivity index (χ1v) is 9.10. The van der Waals surface area contributed by atoms with Gasteiger partial charge in [0.1, 0.15) is 23.7 Å². The molecule has 4 heterocycles. The number of amides is 2. The molecule has 1 saturated heterocycles. The fraction of sp³-hybridized carbons (Fsp3) is 0.389. The number of carbonyl (C=O) groups excluding carboxylic acids is 2. The molecular weight excluding hydrogens is 362 g/mol. The molecule has 2 N–H and O–H groups in total. The fourth-order valence-corrected chi connectivity index (χ4v) is 3.40. The smallest absolute Gasteiger partial charge is 0.273 e. The van der Waals surface area contributed by atoms with E-state index < -0.39 is 0 Å². The number of nitrogens with zero attached hydrogens (tertiary/aromatic N) is 5. The standard InChI is InChI=1S/C18H21N7O3/c1-11-9-14(12(2)28-11)18(27)22-21-17(26)13-5-7-24(8-6-13)16-4-3-15-20-19-10-25(15)23-16/h3-4,9-10,13H,5-8H2,1-2H3,(H,21,26)(H,22,27). The number of fused-ring (bicyclic) bond motifs is 1. The average Bonchev–Trinajstić information content (AvgIpc) is 3.31. The maximum atomic E-state index is 12.4. The summed E-state index contributed by atoms with van der Waals surface area (Å²) in [5.74, 6) is 1.27. The highest BCUT2D eigenvalue weighted by Crippen LogP contribution is 2.22. The van der Waals surface area contributed by atoms with Gasteiger partial charge in [-0.2, -0.15) is 4.52 Å². The summed E-state index contributed by atoms with van der Waals surface area (Å²) in [4.78, 5) is 26.7. The Hall–Kier alpha value is -3.43. The first-order chi connectivity index (χ1) is 13.5. The molecule has 0 saturated carbocycles. The van der Waals surface area contributed by atoms with Crippen LogP contribution in [-0.4, -0.2) is 44.7 Å². The molecule has 0 spiro atoms. The van der Waals surface area contributed by atoms with E-state index in [9.17, 15) is 9.59 Å². The first kappa shape index (κ1) is 18.0. The molecule has 1 fully saturated rings. The lowest BCUT2D eigenvalue weighted by Gasteiger charge is -2.31. The van der Waals surface area contributed by atoms with Crippen molar-refractivity contribution in [3.63, 3.8) is 0 Å². The zero-order valence-corrected chi connectivity index (χ0v) is 15.7. The van der Waals surface area contributed by atoms with Crippen LogP contribution in [0.15, 0.2) is 28.9 Å². The van der Waals surface area contributed by atoms with Gasteiger partial charge in [0, 0.05) is 19.0 Å². The molecule has 0 radical (unpaired) electrons. The Morgan fingerprint density at radius 2 is 1.96 bits per heavy atom. The summed E-state index contributed by atoms with van der Waals surface area (Å²) in [6.07, 6.45) is 2.91. The molecular formula is C18H21N7O3. The summed E-state index contributed by atoms with van der Waals surface area (Å²) >= 11 is 0. The molecule has 3 aromatic heterocycles. The number of piperidine rings is 1. The topological polar surface area (TPSA) is 118 Å². The van der Waals surface area contributed by atoms with Crippen molar-refractivity contribution in [3.8, 4) is 0 Å². The van der Waals surface area contributed by atoms with E-state index in [2.05, 4.69) is 31.0 Å². The van der Waals surface area contributed by atoms with Gasteiger partial charge in [-0.05, 0) is 44.9 Å². The van der Waals surface area contributed by atoms with Gasteiger partial charge in [-0.15, -0.1) is 15.3 Å². The molecule has 0 atom stereocenters. The molecule has 0 aliphatic carbocycles. The lowest BCUT2D eigenvalue weighted by Crippen LogP contribution is -2.47. The van der Waals surface area contributed by atoms with Crippen LogP contribution in [0.5, 0.6) is 0 Å². The van der Waals surface area contributed by atoms with E-state index in [0.29, 0.717) is 48.7 Å². The lowest BCUT2D eigenvalue weighted by atomic mass is 9.96. The molecule has 1 aliphatic rings. The number of carbonyl (C=O) groups is 2. The van der Waals surface area contributed by atoms with Crippen molar-refractivity contribution < 1.29 is 14.0 Å². The number of hydrogen-bond acceptors (Lipinski definition) is 7. The maximum Gasteiger partial charge on any atom is 0.273 e. The van der Waals surface area contributed by atoms with Crippen molar-refractivity contribution in [2.75, 3.05) is 18.0 Å². The second-order valence-electron chi connectivity index (χ2n) is 6.86. The van der Waals surface area contributed by atoms with E-state index in [4.69, 9.17) is 4.42 Å². The van der Waals surface area contributed by atoms with E-state index in [1.54, 1.807) is 30.8 Å². The number of anilines is 1. The quantitative estimate of drug-likeness (QED) is 0.648. The Labute approximate surface area is 160 Å². The average molecular weight is 383 g/mol. The molecule has 146 valence electrons. The van der Waals surface area contributed by atoms with E-state index in [-0.39, 0.29) is 17.7 Å². The van der Waals surface area contributed by atoms with Crippen molar-refractivity contribution in [1.29, 1.82) is 0 Å². The summed E-state index contributed by atoms with van der Waals surface area (Å²) in [6.45, 7) is 4.89. The van der Waals surface area contributed by atoms with Crippen molar-refractivity contribution in [1.82, 2.24) is 30.7 Å².